The summed E-state index contributed by atoms with van der Waals surface area (Å²) in [5.41, 5.74) is 5.95. The van der Waals surface area contributed by atoms with E-state index >= 15 is 0 Å². The third-order valence-corrected chi connectivity index (χ3v) is 11.6. The number of unbranched alkanes of at least 4 members (excludes halogenated alkanes) is 15. The van der Waals surface area contributed by atoms with Gasteiger partial charge in [0.2, 0.25) is 5.60 Å². The molecule has 1 aliphatic heterocycles. The number of aliphatic hydroxyl groups excluding tert-OH is 2. The zero-order chi connectivity index (χ0) is 42.5. The maximum atomic E-state index is 13.1. The van der Waals surface area contributed by atoms with E-state index in [1.165, 1.54) is 106 Å². The number of nitrogens with two attached hydrogens (primary N) is 1. The first-order valence-corrected chi connectivity index (χ1v) is 22.5. The summed E-state index contributed by atoms with van der Waals surface area (Å²) in [4.78, 5) is 10.6. The molecular formula is C43H61N6O9P. The Morgan fingerprint density at radius 2 is 1.46 bits per heavy atom. The van der Waals surface area contributed by atoms with Gasteiger partial charge >= 0.3 is 7.82 Å². The van der Waals surface area contributed by atoms with E-state index in [9.17, 15) is 35.5 Å². The van der Waals surface area contributed by atoms with Gasteiger partial charge in [-0.2, -0.15) is 20.9 Å². The van der Waals surface area contributed by atoms with E-state index in [0.29, 0.717) is 23.4 Å². The minimum atomic E-state index is -4.81. The van der Waals surface area contributed by atoms with Crippen molar-refractivity contribution in [2.24, 2.45) is 0 Å². The van der Waals surface area contributed by atoms with Gasteiger partial charge in [-0.25, -0.2) is 9.08 Å². The number of hydrogen-bond donors (Lipinski definition) is 4. The minimum Gasteiger partial charge on any atom is -0.397 e. The minimum absolute atomic E-state index is 0.0208. The lowest BCUT2D eigenvalue weighted by molar-refractivity contribution is -0.0690. The standard InChI is InChI=1S/C43H61N6O9P/c1-2-3-4-5-6-7-8-9-10-11-12-13-14-15-16-17-22-54-29-36(55-28-35-24-33(26-44)23-34(25-35)27-45)30-56-59(52,53)57-31-39-41(50)42(51)43(32-46,58-39)40-19-18-38-37(47)20-21-48-49(38)40/h18-21,23-25,36,39,41-42,50-51H,2-17,22,28-31,47H2,1H3,(H,52,53)/t36-,39-,41-,42-,43+/m1/s1. The zero-order valence-corrected chi connectivity index (χ0v) is 35.1. The first-order valence-electron chi connectivity index (χ1n) is 21.0. The molecule has 1 aromatic carbocycles. The van der Waals surface area contributed by atoms with Gasteiger partial charge < -0.3 is 35.1 Å². The number of nitrogen functional groups attached to an aromatic ring is 1. The fourth-order valence-electron chi connectivity index (χ4n) is 7.25. The molecule has 59 heavy (non-hydrogen) atoms. The topological polar surface area (TPSA) is 239 Å². The van der Waals surface area contributed by atoms with Gasteiger partial charge in [0.05, 0.1) is 66.6 Å². The van der Waals surface area contributed by atoms with Gasteiger partial charge in [-0.05, 0) is 48.4 Å². The van der Waals surface area contributed by atoms with E-state index in [2.05, 4.69) is 12.0 Å². The normalized spacial score (nSPS) is 20.5. The Bertz CT molecular complexity index is 1880. The smallest absolute Gasteiger partial charge is 0.397 e. The number of phosphoric acid groups is 1. The highest BCUT2D eigenvalue weighted by atomic mass is 31.2. The van der Waals surface area contributed by atoms with Crippen molar-refractivity contribution in [1.82, 2.24) is 9.61 Å². The Hall–Kier alpha value is -3.91. The van der Waals surface area contributed by atoms with Gasteiger partial charge in [0.25, 0.3) is 0 Å². The second-order valence-electron chi connectivity index (χ2n) is 15.3. The monoisotopic (exact) mass is 836 g/mol. The average Bonchev–Trinajstić information content (AvgIpc) is 3.79. The molecule has 322 valence electrons. The molecule has 3 heterocycles. The summed E-state index contributed by atoms with van der Waals surface area (Å²) in [5, 5.41) is 55.0. The quantitative estimate of drug-likeness (QED) is 0.0391. The van der Waals surface area contributed by atoms with E-state index in [1.54, 1.807) is 24.3 Å². The van der Waals surface area contributed by atoms with Gasteiger partial charge in [-0.3, -0.25) is 9.05 Å². The molecule has 0 saturated carbocycles. The molecule has 0 bridgehead atoms. The summed E-state index contributed by atoms with van der Waals surface area (Å²) in [6.45, 7) is 1.54. The fourth-order valence-corrected chi connectivity index (χ4v) is 8.01. The number of ether oxygens (including phenoxy) is 3. The average molecular weight is 837 g/mol. The Kier molecular flexibility index (Phi) is 20.2. The molecule has 1 unspecified atom stereocenters. The predicted octanol–water partition coefficient (Wildman–Crippen LogP) is 7.50. The number of anilines is 1. The first-order chi connectivity index (χ1) is 28.6. The van der Waals surface area contributed by atoms with Crippen LogP contribution in [0, 0.1) is 34.0 Å². The molecule has 1 fully saturated rings. The second-order valence-corrected chi connectivity index (χ2v) is 16.7. The molecule has 5 N–H and O–H groups in total. The van der Waals surface area contributed by atoms with Crippen molar-refractivity contribution >= 4 is 19.0 Å². The Morgan fingerprint density at radius 1 is 0.864 bits per heavy atom. The van der Waals surface area contributed by atoms with Crippen LogP contribution >= 0.6 is 7.82 Å². The molecular weight excluding hydrogens is 775 g/mol. The number of aromatic nitrogens is 2. The van der Waals surface area contributed by atoms with Gasteiger partial charge in [0.15, 0.2) is 0 Å². The molecule has 1 aliphatic rings. The van der Waals surface area contributed by atoms with Crippen molar-refractivity contribution in [3.05, 3.63) is 65.0 Å². The van der Waals surface area contributed by atoms with Crippen molar-refractivity contribution in [2.75, 3.05) is 32.2 Å². The van der Waals surface area contributed by atoms with Crippen LogP contribution in [0.25, 0.3) is 5.52 Å². The fraction of sp³-hybridized carbons (Fsp3) is 0.628. The highest BCUT2D eigenvalue weighted by Gasteiger charge is 2.58. The van der Waals surface area contributed by atoms with Crippen molar-refractivity contribution in [2.45, 2.75) is 146 Å². The van der Waals surface area contributed by atoms with Gasteiger partial charge in [0.1, 0.15) is 30.5 Å². The molecule has 15 nitrogen and oxygen atoms in total. The van der Waals surface area contributed by atoms with Crippen LogP contribution in [0.1, 0.15) is 132 Å². The van der Waals surface area contributed by atoms with Crippen molar-refractivity contribution < 1.29 is 42.9 Å². The van der Waals surface area contributed by atoms with Crippen LogP contribution in [0.3, 0.4) is 0 Å². The van der Waals surface area contributed by atoms with E-state index in [1.807, 2.05) is 18.2 Å². The van der Waals surface area contributed by atoms with Crippen molar-refractivity contribution in [3.8, 4) is 18.2 Å². The van der Waals surface area contributed by atoms with Crippen LogP contribution in [-0.4, -0.2) is 75.6 Å². The Balaban J connectivity index is 1.22. The van der Waals surface area contributed by atoms with E-state index < -0.39 is 51.1 Å². The summed E-state index contributed by atoms with van der Waals surface area (Å²) >= 11 is 0. The number of fused-ring (bicyclic) bond motifs is 1. The number of aliphatic hydroxyl groups is 2. The van der Waals surface area contributed by atoms with Gasteiger partial charge in [0, 0.05) is 12.8 Å². The number of nitrogens with zero attached hydrogens (tertiary/aromatic N) is 5. The summed E-state index contributed by atoms with van der Waals surface area (Å²) in [6, 6.07) is 15.2. The van der Waals surface area contributed by atoms with E-state index in [4.69, 9.17) is 29.0 Å². The molecule has 0 radical (unpaired) electrons. The summed E-state index contributed by atoms with van der Waals surface area (Å²) in [5.74, 6) is 0. The number of benzene rings is 1. The maximum Gasteiger partial charge on any atom is 0.472 e. The maximum absolute atomic E-state index is 13.1. The highest BCUT2D eigenvalue weighted by molar-refractivity contribution is 7.47. The summed E-state index contributed by atoms with van der Waals surface area (Å²) < 4.78 is 42.6. The van der Waals surface area contributed by atoms with E-state index in [0.717, 1.165) is 19.3 Å². The molecule has 0 aliphatic carbocycles. The number of phosphoric ester groups is 1. The van der Waals surface area contributed by atoms with Crippen molar-refractivity contribution in [3.63, 3.8) is 0 Å². The highest BCUT2D eigenvalue weighted by Crippen LogP contribution is 2.46. The lowest BCUT2D eigenvalue weighted by Crippen LogP contribution is -2.41. The predicted molar refractivity (Wildman–Crippen MR) is 220 cm³/mol. The zero-order valence-electron chi connectivity index (χ0n) is 34.3. The molecule has 4 rings (SSSR count). The largest absolute Gasteiger partial charge is 0.472 e. The lowest BCUT2D eigenvalue weighted by Gasteiger charge is -2.24. The lowest BCUT2D eigenvalue weighted by atomic mass is 9.92. The first kappa shape index (κ1) is 47.8. The third kappa shape index (κ3) is 14.7. The van der Waals surface area contributed by atoms with Crippen LogP contribution in [0.15, 0.2) is 42.6 Å². The molecule has 6 atom stereocenters. The SMILES string of the molecule is CCCCCCCCCCCCCCCCCCOC[C@H](COP(=O)(O)OC[C@H]1O[C@@](C#N)(c2ccc3c(N)ccnn23)[C@H](O)[C@@H]1O)OCc1cc(C#N)cc(C#N)c1. The molecule has 1 saturated heterocycles. The van der Waals surface area contributed by atoms with Crippen LogP contribution in [0.5, 0.6) is 0 Å². The Labute approximate surface area is 348 Å². The molecule has 0 amide bonds. The number of rotatable bonds is 29. The van der Waals surface area contributed by atoms with Gasteiger partial charge in [-0.1, -0.05) is 103 Å². The van der Waals surface area contributed by atoms with Crippen LogP contribution < -0.4 is 5.73 Å². The molecule has 3 aromatic rings. The number of hydrogen-bond acceptors (Lipinski definition) is 13. The van der Waals surface area contributed by atoms with Crippen LogP contribution in [-0.2, 0) is 40.0 Å². The molecule has 2 aromatic heterocycles. The second kappa shape index (κ2) is 25.0. The molecule has 16 heteroatoms. The number of nitriles is 3. The Morgan fingerprint density at radius 3 is 2.03 bits per heavy atom. The van der Waals surface area contributed by atoms with E-state index in [-0.39, 0.29) is 30.0 Å². The third-order valence-electron chi connectivity index (χ3n) is 10.6. The van der Waals surface area contributed by atoms with Gasteiger partial charge in [-0.15, -0.1) is 0 Å². The summed E-state index contributed by atoms with van der Waals surface area (Å²) in [7, 11) is -4.81. The van der Waals surface area contributed by atoms with Crippen molar-refractivity contribution in [1.29, 1.82) is 15.8 Å². The molecule has 0 spiro atoms. The summed E-state index contributed by atoms with van der Waals surface area (Å²) in [6.07, 6.45) is 15.8. The van der Waals surface area contributed by atoms with Crippen LogP contribution in [0.4, 0.5) is 5.69 Å². The van der Waals surface area contributed by atoms with Crippen LogP contribution in [0.2, 0.25) is 0 Å².